The number of carboxylic acid groups (broad SMARTS) is 3. The van der Waals surface area contributed by atoms with Gasteiger partial charge in [0.05, 0.1) is 26.2 Å². The summed E-state index contributed by atoms with van der Waals surface area (Å²) in [7, 11) is 0. The number of hydrogen-bond donors (Lipinski definition) is 11. The molecule has 0 spiro atoms. The number of anilines is 1. The zero-order valence-electron chi connectivity index (χ0n) is 43.0. The maximum atomic E-state index is 13.9. The number of amides is 9. The Bertz CT molecular complexity index is 2540. The van der Waals surface area contributed by atoms with Crippen LogP contribution in [-0.2, 0) is 53.1 Å². The number of aliphatic carboxylic acids is 3. The quantitative estimate of drug-likeness (QED) is 0.0311. The first-order valence-corrected chi connectivity index (χ1v) is 25.7. The van der Waals surface area contributed by atoms with Crippen LogP contribution in [0.15, 0.2) is 71.5 Å². The first-order chi connectivity index (χ1) is 37.0. The number of carboxylic acids is 3. The van der Waals surface area contributed by atoms with Gasteiger partial charge in [0.1, 0.15) is 16.7 Å². The van der Waals surface area contributed by atoms with Crippen LogP contribution in [0.4, 0.5) is 15.3 Å². The molecular formula is C50H69BrN14O13. The zero-order chi connectivity index (χ0) is 57.3. The standard InChI is InChI=1S/C50H69BrN14O13/c51-40-14-8-34(25-56-40)26-65(16-2-1-3-38(47(73)74)59-50(78)60-39(48(75)76)13-15-45(70)71)46(72)35-9-4-33(5-10-35)24-57-49(77)58-36-11-6-32(7-12-36)23-37-27-63(30-43(54)68)20-19-61(28-41(52)66)17-18-62(29-42(53)67)21-22-64(37)31-44(55)69/h4-12,14,25,37-39H,1-3,13,15-24,26-31H2,(H2,52,66)(H2,53,67)(H2,54,68)(H2,55,69)(H,70,71)(H,73,74)(H,75,76)(H2,57,58,77)(H2,59,60,78)/t37?,38-,39-/m1/s1. The van der Waals surface area contributed by atoms with E-state index in [1.165, 1.54) is 0 Å². The predicted molar refractivity (Wildman–Crippen MR) is 286 cm³/mol. The first-order valence-electron chi connectivity index (χ1n) is 24.9. The van der Waals surface area contributed by atoms with E-state index in [1.54, 1.807) is 59.6 Å². The van der Waals surface area contributed by atoms with Crippen LogP contribution < -0.4 is 44.2 Å². The molecule has 4 rings (SSSR count). The highest BCUT2D eigenvalue weighted by molar-refractivity contribution is 9.10. The highest BCUT2D eigenvalue weighted by Gasteiger charge is 2.28. The zero-order valence-corrected chi connectivity index (χ0v) is 44.6. The number of nitrogens with two attached hydrogens (primary N) is 4. The topological polar surface area (TPSA) is 413 Å². The van der Waals surface area contributed by atoms with Crippen molar-refractivity contribution in [1.29, 1.82) is 0 Å². The molecule has 0 saturated carbocycles. The molecule has 78 heavy (non-hydrogen) atoms. The Balaban J connectivity index is 1.38. The molecule has 1 unspecified atom stereocenters. The number of carbonyl (C=O) groups is 10. The molecule has 2 heterocycles. The summed E-state index contributed by atoms with van der Waals surface area (Å²) in [6, 6.07) is 12.2. The number of nitrogens with zero attached hydrogens (tertiary/aromatic N) is 6. The van der Waals surface area contributed by atoms with E-state index in [0.29, 0.717) is 79.1 Å². The van der Waals surface area contributed by atoms with Gasteiger partial charge in [0, 0.05) is 95.4 Å². The second kappa shape index (κ2) is 32.1. The molecule has 3 aromatic rings. The van der Waals surface area contributed by atoms with Gasteiger partial charge in [-0.15, -0.1) is 0 Å². The monoisotopic (exact) mass is 1150 g/mol. The van der Waals surface area contributed by atoms with Gasteiger partial charge in [0.25, 0.3) is 5.91 Å². The van der Waals surface area contributed by atoms with Crippen LogP contribution in [0.1, 0.15) is 59.2 Å². The molecule has 0 bridgehead atoms. The normalized spacial score (nSPS) is 15.7. The average Bonchev–Trinajstić information content (AvgIpc) is 3.37. The van der Waals surface area contributed by atoms with Crippen molar-refractivity contribution in [3.05, 3.63) is 93.7 Å². The van der Waals surface area contributed by atoms with Crippen molar-refractivity contribution in [3.8, 4) is 0 Å². The van der Waals surface area contributed by atoms with Crippen molar-refractivity contribution >= 4 is 81.1 Å². The fourth-order valence-electron chi connectivity index (χ4n) is 8.54. The van der Waals surface area contributed by atoms with Crippen molar-refractivity contribution in [2.45, 2.75) is 69.7 Å². The lowest BCUT2D eigenvalue weighted by molar-refractivity contribution is -0.141. The molecule has 1 aromatic heterocycles. The van der Waals surface area contributed by atoms with Crippen LogP contribution in [0, 0.1) is 0 Å². The molecule has 3 atom stereocenters. The van der Waals surface area contributed by atoms with Gasteiger partial charge in [-0.2, -0.15) is 0 Å². The third-order valence-electron chi connectivity index (χ3n) is 12.5. The Kier molecular flexibility index (Phi) is 25.8. The van der Waals surface area contributed by atoms with Gasteiger partial charge in [-0.25, -0.2) is 24.2 Å². The minimum atomic E-state index is -1.55. The van der Waals surface area contributed by atoms with E-state index in [-0.39, 0.29) is 71.1 Å². The van der Waals surface area contributed by atoms with Crippen molar-refractivity contribution < 1.29 is 63.3 Å². The fraction of sp³-hybridized carbons (Fsp3) is 0.460. The SMILES string of the molecule is NC(=O)CN1CCN(CC(N)=O)CCN(CC(N)=O)C(Cc2ccc(NC(=O)NCc3ccc(C(=O)N(CCCC[C@@H](NC(=O)N[C@H](CCC(=O)O)C(=O)O)C(=O)O)Cc4ccc(Br)nc4)cc3)cc2)CN(CC(N)=O)CC1. The molecular weight excluding hydrogens is 1080 g/mol. The Hall–Kier alpha value is -7.79. The van der Waals surface area contributed by atoms with E-state index < -0.39 is 84.6 Å². The summed E-state index contributed by atoms with van der Waals surface area (Å²) in [4.78, 5) is 136. The highest BCUT2D eigenvalue weighted by Crippen LogP contribution is 2.18. The van der Waals surface area contributed by atoms with E-state index in [1.807, 2.05) is 31.7 Å². The predicted octanol–water partition coefficient (Wildman–Crippen LogP) is -0.877. The number of hydrogen-bond acceptors (Lipinski definition) is 15. The summed E-state index contributed by atoms with van der Waals surface area (Å²) in [5.74, 6) is -6.71. The molecule has 9 amide bonds. The van der Waals surface area contributed by atoms with Gasteiger partial charge >= 0.3 is 30.0 Å². The molecule has 27 nitrogen and oxygen atoms in total. The molecule has 1 aliphatic heterocycles. The summed E-state index contributed by atoms with van der Waals surface area (Å²) < 4.78 is 0.589. The number of unbranched alkanes of at least 4 members (excludes halogenated alkanes) is 1. The number of urea groups is 2. The number of aromatic nitrogens is 1. The van der Waals surface area contributed by atoms with Crippen LogP contribution >= 0.6 is 15.9 Å². The van der Waals surface area contributed by atoms with Crippen molar-refractivity contribution in [2.75, 3.05) is 83.9 Å². The van der Waals surface area contributed by atoms with Gasteiger partial charge in [0.15, 0.2) is 0 Å². The minimum absolute atomic E-state index is 0.0460. The van der Waals surface area contributed by atoms with Gasteiger partial charge in [-0.05, 0) is 95.1 Å². The van der Waals surface area contributed by atoms with Crippen LogP contribution in [0.3, 0.4) is 0 Å². The van der Waals surface area contributed by atoms with Gasteiger partial charge in [-0.1, -0.05) is 30.3 Å². The second-order valence-corrected chi connectivity index (χ2v) is 19.5. The molecule has 1 saturated heterocycles. The number of rotatable bonds is 28. The van der Waals surface area contributed by atoms with Gasteiger partial charge < -0.3 is 64.4 Å². The summed E-state index contributed by atoms with van der Waals surface area (Å²) in [6.07, 6.45) is 1.51. The number of halogens is 1. The van der Waals surface area contributed by atoms with Crippen LogP contribution in [0.25, 0.3) is 0 Å². The lowest BCUT2D eigenvalue weighted by Crippen LogP contribution is -2.54. The molecule has 15 N–H and O–H groups in total. The molecule has 0 aliphatic carbocycles. The fourth-order valence-corrected chi connectivity index (χ4v) is 8.77. The molecule has 1 aliphatic rings. The molecule has 0 radical (unpaired) electrons. The minimum Gasteiger partial charge on any atom is -0.481 e. The first kappa shape index (κ1) is 62.7. The number of nitrogens with one attached hydrogen (secondary N) is 4. The summed E-state index contributed by atoms with van der Waals surface area (Å²) in [5, 5.41) is 37.9. The lowest BCUT2D eigenvalue weighted by Gasteiger charge is -2.38. The van der Waals surface area contributed by atoms with Gasteiger partial charge in [0.2, 0.25) is 23.6 Å². The molecule has 424 valence electrons. The van der Waals surface area contributed by atoms with Gasteiger partial charge in [-0.3, -0.25) is 48.4 Å². The third-order valence-corrected chi connectivity index (χ3v) is 12.9. The number of carbonyl (C=O) groups excluding carboxylic acids is 7. The van der Waals surface area contributed by atoms with E-state index in [2.05, 4.69) is 42.2 Å². The maximum Gasteiger partial charge on any atom is 0.326 e. The summed E-state index contributed by atoms with van der Waals surface area (Å²) >= 11 is 3.30. The van der Waals surface area contributed by atoms with Crippen molar-refractivity contribution in [3.63, 3.8) is 0 Å². The number of benzene rings is 2. The van der Waals surface area contributed by atoms with E-state index in [9.17, 15) is 58.2 Å². The lowest BCUT2D eigenvalue weighted by atomic mass is 10.0. The largest absolute Gasteiger partial charge is 0.481 e. The second-order valence-electron chi connectivity index (χ2n) is 18.7. The average molecular weight is 1150 g/mol. The van der Waals surface area contributed by atoms with Crippen LogP contribution in [-0.4, -0.2) is 201 Å². The Morgan fingerprint density at radius 2 is 1.15 bits per heavy atom. The van der Waals surface area contributed by atoms with Crippen molar-refractivity contribution in [2.24, 2.45) is 22.9 Å². The van der Waals surface area contributed by atoms with Crippen LogP contribution in [0.5, 0.6) is 0 Å². The Morgan fingerprint density at radius 3 is 1.69 bits per heavy atom. The smallest absolute Gasteiger partial charge is 0.326 e. The Morgan fingerprint density at radius 1 is 0.628 bits per heavy atom. The molecule has 1 fully saturated rings. The Labute approximate surface area is 458 Å². The van der Waals surface area contributed by atoms with E-state index in [0.717, 1.165) is 5.56 Å². The number of pyridine rings is 1. The van der Waals surface area contributed by atoms with E-state index >= 15 is 0 Å². The van der Waals surface area contributed by atoms with Crippen LogP contribution in [0.2, 0.25) is 0 Å². The molecule has 2 aromatic carbocycles. The summed E-state index contributed by atoms with van der Waals surface area (Å²) in [6.45, 7) is 2.41. The number of primary amides is 4. The van der Waals surface area contributed by atoms with Crippen molar-refractivity contribution in [1.82, 2.24) is 45.4 Å². The summed E-state index contributed by atoms with van der Waals surface area (Å²) in [5.41, 5.74) is 25.5. The van der Waals surface area contributed by atoms with E-state index in [4.69, 9.17) is 28.0 Å². The third kappa shape index (κ3) is 23.6. The highest BCUT2D eigenvalue weighted by atomic mass is 79.9. The maximum absolute atomic E-state index is 13.9. The molecule has 28 heteroatoms.